The predicted octanol–water partition coefficient (Wildman–Crippen LogP) is 4.69. The van der Waals surface area contributed by atoms with E-state index >= 15 is 0 Å². The van der Waals surface area contributed by atoms with Gasteiger partial charge in [0.05, 0.1) is 13.2 Å². The molecule has 9 nitrogen and oxygen atoms in total. The van der Waals surface area contributed by atoms with Crippen molar-refractivity contribution in [2.75, 3.05) is 6.61 Å². The fraction of sp³-hybridized carbons (Fsp3) is 0.241. The molecule has 3 aromatic heterocycles. The van der Waals surface area contributed by atoms with Crippen LogP contribution in [0.15, 0.2) is 60.7 Å². The number of benzene rings is 2. The summed E-state index contributed by atoms with van der Waals surface area (Å²) in [4.78, 5) is 22.8. The molecule has 0 aliphatic heterocycles. The van der Waals surface area contributed by atoms with Crippen molar-refractivity contribution in [3.8, 4) is 0 Å². The van der Waals surface area contributed by atoms with Crippen molar-refractivity contribution in [1.82, 2.24) is 35.2 Å². The van der Waals surface area contributed by atoms with Gasteiger partial charge in [-0.2, -0.15) is 0 Å². The van der Waals surface area contributed by atoms with Gasteiger partial charge in [0, 0.05) is 17.7 Å². The first kappa shape index (κ1) is 25.0. The number of hydrogen-bond acceptors (Lipinski definition) is 7. The standard InChI is InChI=1S/C29H29N7O2/c1-5-23-31-26-18(3)16-19(4)30-28(26)36(23)17-20-12-14-22(15-13-20)24(21-10-8-7-9-11-21)25(29(37)38-6-2)27-32-34-35-33-27/h7-16H,5-6,17H2,1-4H3,(H,32,33,34,35). The predicted molar refractivity (Wildman–Crippen MR) is 145 cm³/mol. The number of aryl methyl sites for hydroxylation is 3. The molecule has 0 bridgehead atoms. The molecule has 0 saturated carbocycles. The Labute approximate surface area is 220 Å². The van der Waals surface area contributed by atoms with Gasteiger partial charge in [-0.25, -0.2) is 19.9 Å². The number of tetrazole rings is 1. The Morgan fingerprint density at radius 1 is 0.974 bits per heavy atom. The molecule has 0 spiro atoms. The number of hydrogen-bond donors (Lipinski definition) is 1. The third-order valence-electron chi connectivity index (χ3n) is 6.37. The number of carbonyl (C=O) groups is 1. The summed E-state index contributed by atoms with van der Waals surface area (Å²) in [6.45, 7) is 8.83. The number of H-pyrrole nitrogens is 1. The van der Waals surface area contributed by atoms with E-state index in [1.165, 1.54) is 0 Å². The topological polar surface area (TPSA) is 111 Å². The van der Waals surface area contributed by atoms with Crippen molar-refractivity contribution in [3.63, 3.8) is 0 Å². The summed E-state index contributed by atoms with van der Waals surface area (Å²) in [5.41, 5.74) is 7.69. The van der Waals surface area contributed by atoms with Gasteiger partial charge in [-0.05, 0) is 59.5 Å². The highest BCUT2D eigenvalue weighted by atomic mass is 16.5. The van der Waals surface area contributed by atoms with Gasteiger partial charge < -0.3 is 9.30 Å². The molecular weight excluding hydrogens is 478 g/mol. The van der Waals surface area contributed by atoms with Gasteiger partial charge >= 0.3 is 5.97 Å². The highest BCUT2D eigenvalue weighted by molar-refractivity contribution is 6.25. The number of aromatic amines is 1. The van der Waals surface area contributed by atoms with E-state index in [4.69, 9.17) is 14.7 Å². The molecule has 0 unspecified atom stereocenters. The van der Waals surface area contributed by atoms with Gasteiger partial charge in [0.2, 0.25) is 0 Å². The summed E-state index contributed by atoms with van der Waals surface area (Å²) >= 11 is 0. The molecule has 9 heteroatoms. The second-order valence-corrected chi connectivity index (χ2v) is 9.00. The molecule has 0 saturated heterocycles. The molecule has 0 atom stereocenters. The second kappa shape index (κ2) is 10.8. The summed E-state index contributed by atoms with van der Waals surface area (Å²) < 4.78 is 7.58. The van der Waals surface area contributed by atoms with Crippen LogP contribution in [0, 0.1) is 13.8 Å². The van der Waals surface area contributed by atoms with E-state index in [-0.39, 0.29) is 18.0 Å². The van der Waals surface area contributed by atoms with Crippen LogP contribution in [0.3, 0.4) is 0 Å². The van der Waals surface area contributed by atoms with Gasteiger partial charge in [0.25, 0.3) is 0 Å². The van der Waals surface area contributed by atoms with Crippen LogP contribution in [0.4, 0.5) is 0 Å². The zero-order valence-corrected chi connectivity index (χ0v) is 21.9. The number of fused-ring (bicyclic) bond motifs is 1. The number of nitrogens with zero attached hydrogens (tertiary/aromatic N) is 6. The molecule has 5 rings (SSSR count). The third kappa shape index (κ3) is 4.82. The first-order chi connectivity index (χ1) is 18.5. The molecule has 5 aromatic rings. The van der Waals surface area contributed by atoms with Crippen LogP contribution in [0.25, 0.3) is 22.3 Å². The van der Waals surface area contributed by atoms with Crippen LogP contribution in [0.2, 0.25) is 0 Å². The number of rotatable bonds is 8. The fourth-order valence-corrected chi connectivity index (χ4v) is 4.69. The van der Waals surface area contributed by atoms with Crippen LogP contribution < -0.4 is 0 Å². The SMILES string of the molecule is CCOC(=O)C(=C(c1ccccc1)c1ccc(Cn2c(CC)nc3c(C)cc(C)nc32)cc1)c1nnn[nH]1. The number of pyridine rings is 1. The Balaban J connectivity index is 1.60. The number of ether oxygens (including phenoxy) is 1. The van der Waals surface area contributed by atoms with Crippen molar-refractivity contribution in [1.29, 1.82) is 0 Å². The van der Waals surface area contributed by atoms with Crippen molar-refractivity contribution >= 4 is 28.3 Å². The highest BCUT2D eigenvalue weighted by Crippen LogP contribution is 2.32. The monoisotopic (exact) mass is 507 g/mol. The lowest BCUT2D eigenvalue weighted by Gasteiger charge is -2.15. The minimum absolute atomic E-state index is 0.233. The first-order valence-electron chi connectivity index (χ1n) is 12.6. The van der Waals surface area contributed by atoms with E-state index in [0.29, 0.717) is 12.1 Å². The lowest BCUT2D eigenvalue weighted by molar-refractivity contribution is -0.136. The molecule has 2 aromatic carbocycles. The summed E-state index contributed by atoms with van der Waals surface area (Å²) in [6, 6.07) is 19.9. The van der Waals surface area contributed by atoms with E-state index in [9.17, 15) is 4.79 Å². The van der Waals surface area contributed by atoms with E-state index in [0.717, 1.165) is 51.4 Å². The van der Waals surface area contributed by atoms with Gasteiger partial charge in [-0.3, -0.25) is 0 Å². The second-order valence-electron chi connectivity index (χ2n) is 9.00. The van der Waals surface area contributed by atoms with Crippen molar-refractivity contribution in [2.45, 2.75) is 40.7 Å². The number of nitrogens with one attached hydrogen (secondary N) is 1. The Hall–Kier alpha value is -4.66. The molecule has 38 heavy (non-hydrogen) atoms. The summed E-state index contributed by atoms with van der Waals surface area (Å²) in [5.74, 6) is 0.751. The first-order valence-corrected chi connectivity index (χ1v) is 12.6. The zero-order chi connectivity index (χ0) is 26.6. The average molecular weight is 508 g/mol. The Kier molecular flexibility index (Phi) is 7.08. The number of esters is 1. The smallest absolute Gasteiger partial charge is 0.342 e. The van der Waals surface area contributed by atoms with Gasteiger partial charge in [0.1, 0.15) is 16.9 Å². The molecular formula is C29H29N7O2. The van der Waals surface area contributed by atoms with Gasteiger partial charge in [-0.15, -0.1) is 5.10 Å². The molecule has 3 heterocycles. The van der Waals surface area contributed by atoms with Crippen molar-refractivity contribution in [2.24, 2.45) is 0 Å². The van der Waals surface area contributed by atoms with Crippen molar-refractivity contribution in [3.05, 3.63) is 100 Å². The lowest BCUT2D eigenvalue weighted by Crippen LogP contribution is -2.11. The molecule has 192 valence electrons. The maximum absolute atomic E-state index is 13.1. The summed E-state index contributed by atoms with van der Waals surface area (Å²) in [6.07, 6.45) is 0.807. The fourth-order valence-electron chi connectivity index (χ4n) is 4.69. The maximum Gasteiger partial charge on any atom is 0.342 e. The lowest BCUT2D eigenvalue weighted by atomic mass is 9.92. The van der Waals surface area contributed by atoms with E-state index in [2.05, 4.69) is 57.2 Å². The van der Waals surface area contributed by atoms with Crippen LogP contribution in [-0.4, -0.2) is 47.7 Å². The van der Waals surface area contributed by atoms with Crippen LogP contribution in [-0.2, 0) is 22.5 Å². The van der Waals surface area contributed by atoms with Crippen LogP contribution >= 0.6 is 0 Å². The largest absolute Gasteiger partial charge is 0.462 e. The number of carbonyl (C=O) groups excluding carboxylic acids is 1. The minimum atomic E-state index is -0.497. The summed E-state index contributed by atoms with van der Waals surface area (Å²) in [5, 5.41) is 14.1. The molecule has 1 N–H and O–H groups in total. The Morgan fingerprint density at radius 2 is 1.71 bits per heavy atom. The molecule has 0 amide bonds. The number of imidazole rings is 1. The third-order valence-corrected chi connectivity index (χ3v) is 6.37. The van der Waals surface area contributed by atoms with E-state index in [1.807, 2.05) is 49.4 Å². The zero-order valence-electron chi connectivity index (χ0n) is 21.9. The Bertz CT molecular complexity index is 1600. The van der Waals surface area contributed by atoms with Gasteiger partial charge in [0.15, 0.2) is 11.5 Å². The molecule has 0 fully saturated rings. The van der Waals surface area contributed by atoms with Crippen molar-refractivity contribution < 1.29 is 9.53 Å². The quantitative estimate of drug-likeness (QED) is 0.239. The van der Waals surface area contributed by atoms with E-state index in [1.54, 1.807) is 6.92 Å². The molecule has 0 aliphatic carbocycles. The highest BCUT2D eigenvalue weighted by Gasteiger charge is 2.24. The average Bonchev–Trinajstić information content (AvgIpc) is 3.57. The minimum Gasteiger partial charge on any atom is -0.462 e. The summed E-state index contributed by atoms with van der Waals surface area (Å²) in [7, 11) is 0. The molecule has 0 radical (unpaired) electrons. The van der Waals surface area contributed by atoms with Crippen LogP contribution in [0.1, 0.15) is 53.4 Å². The molecule has 0 aliphatic rings. The normalized spacial score (nSPS) is 12.0. The maximum atomic E-state index is 13.1. The van der Waals surface area contributed by atoms with Crippen LogP contribution in [0.5, 0.6) is 0 Å². The van der Waals surface area contributed by atoms with Gasteiger partial charge in [-0.1, -0.05) is 61.5 Å². The van der Waals surface area contributed by atoms with E-state index < -0.39 is 5.97 Å². The Morgan fingerprint density at radius 3 is 2.37 bits per heavy atom. The number of aromatic nitrogens is 7.